The first-order chi connectivity index (χ1) is 10.0. The van der Waals surface area contributed by atoms with Crippen LogP contribution in [0, 0.1) is 11.6 Å². The Morgan fingerprint density at radius 2 is 1.62 bits per heavy atom. The Bertz CT molecular complexity index is 627. The molecule has 0 N–H and O–H groups in total. The summed E-state index contributed by atoms with van der Waals surface area (Å²) in [7, 11) is 0. The van der Waals surface area contributed by atoms with Crippen LogP contribution in [0.4, 0.5) is 8.78 Å². The van der Waals surface area contributed by atoms with Crippen molar-refractivity contribution < 1.29 is 8.78 Å². The SMILES string of the molecule is Fc1ccccc1C(CBr)(CBr)Cc1cccc(Cl)c1F. The van der Waals surface area contributed by atoms with Gasteiger partial charge in [0.25, 0.3) is 0 Å². The zero-order valence-corrected chi connectivity index (χ0v) is 15.0. The minimum atomic E-state index is -0.586. The Morgan fingerprint density at radius 1 is 0.952 bits per heavy atom. The molecule has 0 radical (unpaired) electrons. The maximum Gasteiger partial charge on any atom is 0.145 e. The molecule has 0 nitrogen and oxygen atoms in total. The molecule has 2 aromatic carbocycles. The van der Waals surface area contributed by atoms with Gasteiger partial charge in [-0.25, -0.2) is 8.78 Å². The fourth-order valence-corrected chi connectivity index (χ4v) is 4.43. The van der Waals surface area contributed by atoms with Gasteiger partial charge in [0, 0.05) is 16.1 Å². The molecule has 21 heavy (non-hydrogen) atoms. The number of alkyl halides is 2. The van der Waals surface area contributed by atoms with Gasteiger partial charge in [-0.05, 0) is 29.7 Å². The predicted octanol–water partition coefficient (Wildman–Crippen LogP) is 5.89. The second kappa shape index (κ2) is 7.21. The predicted molar refractivity (Wildman–Crippen MR) is 90.8 cm³/mol. The van der Waals surface area contributed by atoms with E-state index in [1.165, 1.54) is 12.1 Å². The second-order valence-corrected chi connectivity index (χ2v) is 6.45. The van der Waals surface area contributed by atoms with E-state index in [9.17, 15) is 8.78 Å². The van der Waals surface area contributed by atoms with Crippen LogP contribution in [0.25, 0.3) is 0 Å². The molecule has 5 heteroatoms. The van der Waals surface area contributed by atoms with E-state index in [0.717, 1.165) is 0 Å². The molecule has 0 bridgehead atoms. The summed E-state index contributed by atoms with van der Waals surface area (Å²) in [6, 6.07) is 11.5. The van der Waals surface area contributed by atoms with Crippen LogP contribution in [0.15, 0.2) is 42.5 Å². The van der Waals surface area contributed by atoms with Gasteiger partial charge in [0.05, 0.1) is 5.02 Å². The summed E-state index contributed by atoms with van der Waals surface area (Å²) >= 11 is 12.7. The standard InChI is InChI=1S/C16H13Br2ClF2/c17-9-16(10-18,12-5-1-2-7-14(12)20)8-11-4-3-6-13(19)15(11)21/h1-7H,8-10H2. The molecular formula is C16H13Br2ClF2. The van der Waals surface area contributed by atoms with Crippen LogP contribution < -0.4 is 0 Å². The van der Waals surface area contributed by atoms with Crippen molar-refractivity contribution in [3.63, 3.8) is 0 Å². The maximum atomic E-state index is 14.2. The van der Waals surface area contributed by atoms with Crippen molar-refractivity contribution in [2.75, 3.05) is 10.7 Å². The van der Waals surface area contributed by atoms with E-state index in [4.69, 9.17) is 11.6 Å². The fourth-order valence-electron chi connectivity index (χ4n) is 2.31. The minimum absolute atomic E-state index is 0.0825. The van der Waals surface area contributed by atoms with Crippen LogP contribution in [-0.4, -0.2) is 10.7 Å². The van der Waals surface area contributed by atoms with Gasteiger partial charge in [-0.15, -0.1) is 0 Å². The summed E-state index contributed by atoms with van der Waals surface area (Å²) < 4.78 is 28.3. The molecule has 0 aliphatic rings. The van der Waals surface area contributed by atoms with E-state index in [1.807, 2.05) is 0 Å². The lowest BCUT2D eigenvalue weighted by molar-refractivity contribution is 0.487. The highest BCUT2D eigenvalue weighted by molar-refractivity contribution is 9.09. The third-order valence-electron chi connectivity index (χ3n) is 3.52. The van der Waals surface area contributed by atoms with Gasteiger partial charge < -0.3 is 0 Å². The number of halogens is 5. The highest BCUT2D eigenvalue weighted by atomic mass is 79.9. The lowest BCUT2D eigenvalue weighted by Gasteiger charge is -2.31. The molecule has 2 rings (SSSR count). The highest BCUT2D eigenvalue weighted by Gasteiger charge is 2.34. The summed E-state index contributed by atoms with van der Waals surface area (Å²) in [6.07, 6.45) is 0.344. The Kier molecular flexibility index (Phi) is 5.81. The lowest BCUT2D eigenvalue weighted by atomic mass is 9.78. The van der Waals surface area contributed by atoms with Crippen LogP contribution in [-0.2, 0) is 11.8 Å². The third kappa shape index (κ3) is 3.49. The van der Waals surface area contributed by atoms with E-state index in [-0.39, 0.29) is 10.8 Å². The molecule has 0 spiro atoms. The van der Waals surface area contributed by atoms with Gasteiger partial charge in [0.1, 0.15) is 11.6 Å². The van der Waals surface area contributed by atoms with Crippen LogP contribution in [0.5, 0.6) is 0 Å². The smallest absolute Gasteiger partial charge is 0.145 e. The molecule has 0 unspecified atom stereocenters. The summed E-state index contributed by atoms with van der Waals surface area (Å²) in [4.78, 5) is 0. The molecule has 0 saturated heterocycles. The number of hydrogen-bond donors (Lipinski definition) is 0. The molecular weight excluding hydrogens is 425 g/mol. The summed E-state index contributed by atoms with van der Waals surface area (Å²) in [5.74, 6) is -0.736. The van der Waals surface area contributed by atoms with Crippen molar-refractivity contribution in [3.05, 3.63) is 70.2 Å². The van der Waals surface area contributed by atoms with Crippen LogP contribution in [0.2, 0.25) is 5.02 Å². The zero-order chi connectivity index (χ0) is 15.5. The van der Waals surface area contributed by atoms with E-state index < -0.39 is 11.2 Å². The molecule has 0 aromatic heterocycles. The molecule has 0 fully saturated rings. The Hall–Kier alpha value is -0.450. The first kappa shape index (κ1) is 16.9. The molecule has 112 valence electrons. The zero-order valence-electron chi connectivity index (χ0n) is 11.1. The van der Waals surface area contributed by atoms with Crippen molar-refractivity contribution in [1.82, 2.24) is 0 Å². The van der Waals surface area contributed by atoms with Crippen molar-refractivity contribution in [2.45, 2.75) is 11.8 Å². The Labute approximate surface area is 144 Å². The van der Waals surface area contributed by atoms with Crippen LogP contribution in [0.1, 0.15) is 11.1 Å². The average Bonchev–Trinajstić information content (AvgIpc) is 2.50. The number of rotatable bonds is 5. The largest absolute Gasteiger partial charge is 0.207 e. The number of benzene rings is 2. The van der Waals surface area contributed by atoms with Gasteiger partial charge in [0.2, 0.25) is 0 Å². The molecule has 0 aliphatic heterocycles. The van der Waals surface area contributed by atoms with Crippen molar-refractivity contribution >= 4 is 43.5 Å². The van der Waals surface area contributed by atoms with Gasteiger partial charge in [-0.1, -0.05) is 73.8 Å². The fraction of sp³-hybridized carbons (Fsp3) is 0.250. The Balaban J connectivity index is 2.49. The second-order valence-electron chi connectivity index (χ2n) is 4.92. The normalized spacial score (nSPS) is 11.7. The van der Waals surface area contributed by atoms with E-state index in [2.05, 4.69) is 31.9 Å². The van der Waals surface area contributed by atoms with E-state index in [1.54, 1.807) is 30.3 Å². The van der Waals surface area contributed by atoms with Crippen molar-refractivity contribution in [3.8, 4) is 0 Å². The van der Waals surface area contributed by atoms with E-state index in [0.29, 0.717) is 28.2 Å². The molecule has 0 amide bonds. The minimum Gasteiger partial charge on any atom is -0.207 e. The molecule has 0 aliphatic carbocycles. The first-order valence-corrected chi connectivity index (χ1v) is 8.96. The summed E-state index contributed by atoms with van der Waals surface area (Å²) in [5, 5.41) is 1.08. The molecule has 0 atom stereocenters. The van der Waals surface area contributed by atoms with Crippen LogP contribution in [0.3, 0.4) is 0 Å². The third-order valence-corrected chi connectivity index (χ3v) is 5.96. The average molecular weight is 439 g/mol. The van der Waals surface area contributed by atoms with Gasteiger partial charge in [-0.2, -0.15) is 0 Å². The summed E-state index contributed by atoms with van der Waals surface area (Å²) in [5.41, 5.74) is 0.444. The maximum absolute atomic E-state index is 14.2. The number of hydrogen-bond acceptors (Lipinski definition) is 0. The lowest BCUT2D eigenvalue weighted by Crippen LogP contribution is -2.34. The van der Waals surface area contributed by atoms with Gasteiger partial charge >= 0.3 is 0 Å². The van der Waals surface area contributed by atoms with Crippen molar-refractivity contribution in [2.24, 2.45) is 0 Å². The monoisotopic (exact) mass is 436 g/mol. The van der Waals surface area contributed by atoms with Crippen LogP contribution >= 0.6 is 43.5 Å². The summed E-state index contributed by atoms with van der Waals surface area (Å²) in [6.45, 7) is 0. The molecule has 0 heterocycles. The van der Waals surface area contributed by atoms with E-state index >= 15 is 0 Å². The van der Waals surface area contributed by atoms with Gasteiger partial charge in [-0.3, -0.25) is 0 Å². The topological polar surface area (TPSA) is 0 Å². The quantitative estimate of drug-likeness (QED) is 0.511. The highest BCUT2D eigenvalue weighted by Crippen LogP contribution is 2.35. The van der Waals surface area contributed by atoms with Crippen molar-refractivity contribution in [1.29, 1.82) is 0 Å². The first-order valence-electron chi connectivity index (χ1n) is 6.34. The molecule has 2 aromatic rings. The molecule has 0 saturated carbocycles. The Morgan fingerprint density at radius 3 is 2.24 bits per heavy atom. The van der Waals surface area contributed by atoms with Gasteiger partial charge in [0.15, 0.2) is 0 Å².